The number of aromatic nitrogens is 3. The van der Waals surface area contributed by atoms with Crippen molar-refractivity contribution in [2.75, 3.05) is 5.73 Å². The normalized spacial score (nSPS) is 11.0. The summed E-state index contributed by atoms with van der Waals surface area (Å²) >= 11 is 0. The van der Waals surface area contributed by atoms with Crippen LogP contribution in [0.3, 0.4) is 0 Å². The molecular formula is C26H27N5O3. The van der Waals surface area contributed by atoms with Crippen LogP contribution < -0.4 is 11.5 Å². The van der Waals surface area contributed by atoms with Crippen LogP contribution in [0.15, 0.2) is 53.1 Å². The zero-order chi connectivity index (χ0) is 24.4. The molecule has 0 aliphatic rings. The van der Waals surface area contributed by atoms with E-state index in [-0.39, 0.29) is 22.8 Å². The van der Waals surface area contributed by atoms with E-state index in [4.69, 9.17) is 21.1 Å². The van der Waals surface area contributed by atoms with Gasteiger partial charge in [0.2, 0.25) is 11.5 Å². The highest BCUT2D eigenvalue weighted by Gasteiger charge is 2.30. The van der Waals surface area contributed by atoms with Crippen molar-refractivity contribution in [3.63, 3.8) is 0 Å². The van der Waals surface area contributed by atoms with Gasteiger partial charge in [-0.15, -0.1) is 0 Å². The first-order valence-electron chi connectivity index (χ1n) is 11.2. The van der Waals surface area contributed by atoms with Crippen LogP contribution in [-0.2, 0) is 0 Å². The largest absolute Gasteiger partial charge is 0.398 e. The number of nitrogens with two attached hydrogens (primary N) is 2. The number of Topliss-reactive ketones (excluding diaryl/α,β-unsaturated/α-hetero) is 1. The lowest BCUT2D eigenvalue weighted by Crippen LogP contribution is -2.15. The highest BCUT2D eigenvalue weighted by atomic mass is 16.5. The fraction of sp³-hybridized carbons (Fsp3) is 0.231. The third-order valence-corrected chi connectivity index (χ3v) is 5.84. The Balaban J connectivity index is 2.00. The van der Waals surface area contributed by atoms with Crippen LogP contribution in [0.2, 0.25) is 0 Å². The topological polar surface area (TPSA) is 130 Å². The second kappa shape index (κ2) is 9.35. The maximum absolute atomic E-state index is 13.1. The summed E-state index contributed by atoms with van der Waals surface area (Å²) in [4.78, 5) is 25.5. The number of unbranched alkanes of at least 4 members (excludes halogenated alkanes) is 1. The number of hydrogen-bond donors (Lipinski definition) is 2. The second-order valence-corrected chi connectivity index (χ2v) is 8.19. The predicted molar refractivity (Wildman–Crippen MR) is 131 cm³/mol. The zero-order valence-electron chi connectivity index (χ0n) is 19.5. The minimum atomic E-state index is -0.694. The number of carbonyl (C=O) groups is 2. The summed E-state index contributed by atoms with van der Waals surface area (Å²) in [5, 5.41) is 9.01. The standard InChI is InChI=1S/C26H27N5O3/c1-4-5-14-20(32)25-23(18-12-9-13-19(27)22(18)26(28)33)24(30-34-25)21-15(2)29-31(16(21)3)17-10-7-6-8-11-17/h6-13H,4-5,14,27H2,1-3H3,(H2,28,33). The van der Waals surface area contributed by atoms with Gasteiger partial charge in [0.05, 0.1) is 28.2 Å². The molecule has 0 radical (unpaired) electrons. The summed E-state index contributed by atoms with van der Waals surface area (Å²) in [7, 11) is 0. The van der Waals surface area contributed by atoms with E-state index in [9.17, 15) is 9.59 Å². The van der Waals surface area contributed by atoms with Gasteiger partial charge in [0.15, 0.2) is 0 Å². The van der Waals surface area contributed by atoms with E-state index in [1.165, 1.54) is 0 Å². The van der Waals surface area contributed by atoms with Gasteiger partial charge < -0.3 is 16.0 Å². The lowest BCUT2D eigenvalue weighted by molar-refractivity contribution is 0.0943. The van der Waals surface area contributed by atoms with E-state index in [1.807, 2.05) is 55.8 Å². The van der Waals surface area contributed by atoms with E-state index in [0.717, 1.165) is 23.4 Å². The average molecular weight is 458 g/mol. The minimum absolute atomic E-state index is 0.0859. The van der Waals surface area contributed by atoms with Gasteiger partial charge in [0.1, 0.15) is 5.69 Å². The Hall–Kier alpha value is -4.20. The molecule has 34 heavy (non-hydrogen) atoms. The first kappa shape index (κ1) is 23.0. The molecule has 0 fully saturated rings. The van der Waals surface area contributed by atoms with Crippen molar-refractivity contribution < 1.29 is 14.1 Å². The Kier molecular flexibility index (Phi) is 6.32. The molecule has 8 heteroatoms. The van der Waals surface area contributed by atoms with Crippen molar-refractivity contribution in [3.8, 4) is 28.1 Å². The molecule has 0 spiro atoms. The number of para-hydroxylation sites is 1. The number of ketones is 1. The van der Waals surface area contributed by atoms with Crippen LogP contribution in [0.5, 0.6) is 0 Å². The molecule has 0 atom stereocenters. The van der Waals surface area contributed by atoms with E-state index in [1.54, 1.807) is 18.2 Å². The SMILES string of the molecule is CCCCC(=O)c1onc(-c2c(C)nn(-c3ccccc3)c2C)c1-c1cccc(N)c1C(N)=O. The molecule has 0 aliphatic heterocycles. The third-order valence-electron chi connectivity index (χ3n) is 5.84. The predicted octanol–water partition coefficient (Wildman–Crippen LogP) is 4.87. The molecule has 1 amide bonds. The van der Waals surface area contributed by atoms with Gasteiger partial charge in [0, 0.05) is 23.2 Å². The van der Waals surface area contributed by atoms with Crippen LogP contribution in [-0.4, -0.2) is 26.6 Å². The number of nitrogens with zero attached hydrogens (tertiary/aromatic N) is 3. The van der Waals surface area contributed by atoms with Crippen molar-refractivity contribution >= 4 is 17.4 Å². The summed E-state index contributed by atoms with van der Waals surface area (Å²) in [6, 6.07) is 14.7. The van der Waals surface area contributed by atoms with Gasteiger partial charge in [0.25, 0.3) is 5.91 Å². The Labute approximate surface area is 197 Å². The number of carbonyl (C=O) groups excluding carboxylic acids is 2. The molecule has 8 nitrogen and oxygen atoms in total. The lowest BCUT2D eigenvalue weighted by atomic mass is 9.91. The highest BCUT2D eigenvalue weighted by molar-refractivity contribution is 6.10. The molecule has 0 unspecified atom stereocenters. The summed E-state index contributed by atoms with van der Waals surface area (Å²) in [6.07, 6.45) is 1.86. The number of anilines is 1. The van der Waals surface area contributed by atoms with Crippen molar-refractivity contribution in [2.24, 2.45) is 5.73 Å². The van der Waals surface area contributed by atoms with Gasteiger partial charge >= 0.3 is 0 Å². The van der Waals surface area contributed by atoms with Crippen LogP contribution in [0.25, 0.3) is 28.1 Å². The van der Waals surface area contributed by atoms with Crippen LogP contribution in [0, 0.1) is 13.8 Å². The van der Waals surface area contributed by atoms with Crippen molar-refractivity contribution in [1.29, 1.82) is 0 Å². The molecule has 0 aliphatic carbocycles. The molecule has 2 aromatic heterocycles. The average Bonchev–Trinajstić information content (AvgIpc) is 3.37. The summed E-state index contributed by atoms with van der Waals surface area (Å²) in [5.41, 5.74) is 16.5. The number of nitrogen functional groups attached to an aromatic ring is 1. The molecule has 0 bridgehead atoms. The number of rotatable bonds is 8. The van der Waals surface area contributed by atoms with Crippen molar-refractivity contribution in [2.45, 2.75) is 40.0 Å². The van der Waals surface area contributed by atoms with Crippen LogP contribution in [0.1, 0.15) is 58.5 Å². The first-order chi connectivity index (χ1) is 16.3. The molecule has 2 aromatic carbocycles. The number of benzene rings is 2. The van der Waals surface area contributed by atoms with E-state index >= 15 is 0 Å². The monoisotopic (exact) mass is 457 g/mol. The number of aryl methyl sites for hydroxylation is 1. The van der Waals surface area contributed by atoms with E-state index < -0.39 is 5.91 Å². The molecule has 4 N–H and O–H groups in total. The highest BCUT2D eigenvalue weighted by Crippen LogP contribution is 2.41. The van der Waals surface area contributed by atoms with Gasteiger partial charge in [-0.05, 0) is 38.5 Å². The molecule has 0 saturated heterocycles. The molecule has 4 rings (SSSR count). The van der Waals surface area contributed by atoms with Gasteiger partial charge in [-0.1, -0.05) is 48.8 Å². The number of primary amides is 1. The molecule has 2 heterocycles. The Morgan fingerprint density at radius 1 is 1.03 bits per heavy atom. The number of amides is 1. The van der Waals surface area contributed by atoms with Gasteiger partial charge in [-0.25, -0.2) is 4.68 Å². The molecule has 174 valence electrons. The molecular weight excluding hydrogens is 430 g/mol. The van der Waals surface area contributed by atoms with Crippen molar-refractivity contribution in [1.82, 2.24) is 14.9 Å². The van der Waals surface area contributed by atoms with E-state index in [0.29, 0.717) is 35.4 Å². The maximum atomic E-state index is 13.1. The Bertz CT molecular complexity index is 1370. The van der Waals surface area contributed by atoms with Gasteiger partial charge in [-0.2, -0.15) is 5.10 Å². The smallest absolute Gasteiger partial charge is 0.251 e. The van der Waals surface area contributed by atoms with E-state index in [2.05, 4.69) is 5.16 Å². The zero-order valence-corrected chi connectivity index (χ0v) is 19.5. The summed E-state index contributed by atoms with van der Waals surface area (Å²) in [5.74, 6) is -0.803. The second-order valence-electron chi connectivity index (χ2n) is 8.19. The number of hydrogen-bond acceptors (Lipinski definition) is 6. The first-order valence-corrected chi connectivity index (χ1v) is 11.2. The van der Waals surface area contributed by atoms with Crippen LogP contribution >= 0.6 is 0 Å². The maximum Gasteiger partial charge on any atom is 0.251 e. The molecule has 0 saturated carbocycles. The fourth-order valence-corrected chi connectivity index (χ4v) is 4.21. The summed E-state index contributed by atoms with van der Waals surface area (Å²) in [6.45, 7) is 5.80. The molecule has 4 aromatic rings. The third kappa shape index (κ3) is 3.98. The van der Waals surface area contributed by atoms with Crippen molar-refractivity contribution in [3.05, 3.63) is 71.2 Å². The van der Waals surface area contributed by atoms with Gasteiger partial charge in [-0.3, -0.25) is 9.59 Å². The summed E-state index contributed by atoms with van der Waals surface area (Å²) < 4.78 is 7.45. The van der Waals surface area contributed by atoms with Crippen LogP contribution in [0.4, 0.5) is 5.69 Å². The quantitative estimate of drug-likeness (QED) is 0.287. The Morgan fingerprint density at radius 2 is 1.76 bits per heavy atom. The Morgan fingerprint density at radius 3 is 2.44 bits per heavy atom. The lowest BCUT2D eigenvalue weighted by Gasteiger charge is -2.11. The minimum Gasteiger partial charge on any atom is -0.398 e. The fourth-order valence-electron chi connectivity index (χ4n) is 4.21.